The molecule has 1 amide bonds. The SMILES string of the molecule is CCOc1ncccc1C(=O)OC(C)C(=O)NC1CCCC1. The minimum Gasteiger partial charge on any atom is -0.477 e. The molecule has 120 valence electrons. The van der Waals surface area contributed by atoms with Crippen LogP contribution in [0, 0.1) is 0 Å². The molecule has 1 atom stereocenters. The Morgan fingerprint density at radius 1 is 1.41 bits per heavy atom. The Hall–Kier alpha value is -2.11. The maximum absolute atomic E-state index is 12.2. The second-order valence-corrected chi connectivity index (χ2v) is 5.33. The highest BCUT2D eigenvalue weighted by Crippen LogP contribution is 2.19. The summed E-state index contributed by atoms with van der Waals surface area (Å²) in [5, 5.41) is 2.91. The highest BCUT2D eigenvalue weighted by atomic mass is 16.5. The molecular weight excluding hydrogens is 284 g/mol. The van der Waals surface area contributed by atoms with Crippen molar-refractivity contribution < 1.29 is 19.1 Å². The van der Waals surface area contributed by atoms with Crippen molar-refractivity contribution >= 4 is 11.9 Å². The summed E-state index contributed by atoms with van der Waals surface area (Å²) in [5.41, 5.74) is 0.227. The van der Waals surface area contributed by atoms with Crippen LogP contribution in [-0.2, 0) is 9.53 Å². The van der Waals surface area contributed by atoms with Gasteiger partial charge in [-0.05, 0) is 38.8 Å². The number of carbonyl (C=O) groups excluding carboxylic acids is 2. The van der Waals surface area contributed by atoms with Gasteiger partial charge >= 0.3 is 5.97 Å². The molecule has 0 spiro atoms. The van der Waals surface area contributed by atoms with Gasteiger partial charge in [-0.15, -0.1) is 0 Å². The Morgan fingerprint density at radius 3 is 2.82 bits per heavy atom. The zero-order valence-corrected chi connectivity index (χ0v) is 13.0. The highest BCUT2D eigenvalue weighted by Gasteiger charge is 2.24. The van der Waals surface area contributed by atoms with Crippen molar-refractivity contribution in [3.05, 3.63) is 23.9 Å². The lowest BCUT2D eigenvalue weighted by Gasteiger charge is -2.17. The second kappa shape index (κ2) is 7.77. The van der Waals surface area contributed by atoms with Crippen molar-refractivity contribution in [1.29, 1.82) is 0 Å². The summed E-state index contributed by atoms with van der Waals surface area (Å²) in [4.78, 5) is 28.2. The first-order valence-corrected chi connectivity index (χ1v) is 7.71. The molecule has 1 N–H and O–H groups in total. The molecule has 0 bridgehead atoms. The number of hydrogen-bond acceptors (Lipinski definition) is 5. The monoisotopic (exact) mass is 306 g/mol. The number of pyridine rings is 1. The number of esters is 1. The van der Waals surface area contributed by atoms with E-state index in [1.54, 1.807) is 19.1 Å². The maximum Gasteiger partial charge on any atom is 0.344 e. The van der Waals surface area contributed by atoms with Crippen LogP contribution in [-0.4, -0.2) is 35.6 Å². The van der Waals surface area contributed by atoms with Gasteiger partial charge in [-0.2, -0.15) is 0 Å². The molecule has 22 heavy (non-hydrogen) atoms. The third-order valence-corrected chi connectivity index (χ3v) is 3.63. The third-order valence-electron chi connectivity index (χ3n) is 3.63. The molecule has 0 aliphatic heterocycles. The summed E-state index contributed by atoms with van der Waals surface area (Å²) in [6.45, 7) is 3.77. The van der Waals surface area contributed by atoms with Gasteiger partial charge in [-0.1, -0.05) is 12.8 Å². The summed E-state index contributed by atoms with van der Waals surface area (Å²) in [5.74, 6) is -0.647. The van der Waals surface area contributed by atoms with Crippen LogP contribution >= 0.6 is 0 Å². The predicted octanol–water partition coefficient (Wildman–Crippen LogP) is 2.08. The van der Waals surface area contributed by atoms with Gasteiger partial charge in [0.2, 0.25) is 5.88 Å². The average Bonchev–Trinajstić information content (AvgIpc) is 3.01. The van der Waals surface area contributed by atoms with Gasteiger partial charge < -0.3 is 14.8 Å². The molecular formula is C16H22N2O4. The van der Waals surface area contributed by atoms with E-state index in [2.05, 4.69) is 10.3 Å². The first-order valence-electron chi connectivity index (χ1n) is 7.71. The zero-order valence-electron chi connectivity index (χ0n) is 13.0. The average molecular weight is 306 g/mol. The number of aromatic nitrogens is 1. The summed E-state index contributed by atoms with van der Waals surface area (Å²) < 4.78 is 10.5. The summed E-state index contributed by atoms with van der Waals surface area (Å²) in [7, 11) is 0. The lowest BCUT2D eigenvalue weighted by atomic mass is 10.2. The third kappa shape index (κ3) is 4.19. The second-order valence-electron chi connectivity index (χ2n) is 5.33. The van der Waals surface area contributed by atoms with Crippen molar-refractivity contribution in [3.8, 4) is 5.88 Å². The van der Waals surface area contributed by atoms with E-state index < -0.39 is 12.1 Å². The van der Waals surface area contributed by atoms with Crippen molar-refractivity contribution in [1.82, 2.24) is 10.3 Å². The summed E-state index contributed by atoms with van der Waals surface area (Å²) in [6.07, 6.45) is 4.94. The number of nitrogens with one attached hydrogen (secondary N) is 1. The zero-order chi connectivity index (χ0) is 15.9. The van der Waals surface area contributed by atoms with E-state index in [1.165, 1.54) is 6.20 Å². The predicted molar refractivity (Wildman–Crippen MR) is 80.7 cm³/mol. The minimum atomic E-state index is -0.845. The number of carbonyl (C=O) groups is 2. The van der Waals surface area contributed by atoms with Crippen LogP contribution in [0.25, 0.3) is 0 Å². The van der Waals surface area contributed by atoms with Crippen LogP contribution < -0.4 is 10.1 Å². The molecule has 1 unspecified atom stereocenters. The van der Waals surface area contributed by atoms with Gasteiger partial charge in [0.15, 0.2) is 6.10 Å². The van der Waals surface area contributed by atoms with E-state index >= 15 is 0 Å². The molecule has 1 aliphatic rings. The molecule has 1 heterocycles. The van der Waals surface area contributed by atoms with Crippen molar-refractivity contribution in [2.24, 2.45) is 0 Å². The number of nitrogens with zero attached hydrogens (tertiary/aromatic N) is 1. The molecule has 1 aromatic heterocycles. The molecule has 0 saturated heterocycles. The fourth-order valence-corrected chi connectivity index (χ4v) is 2.46. The Bertz CT molecular complexity index is 527. The van der Waals surface area contributed by atoms with Gasteiger partial charge in [0, 0.05) is 12.2 Å². The van der Waals surface area contributed by atoms with Gasteiger partial charge in [0.1, 0.15) is 5.56 Å². The fourth-order valence-electron chi connectivity index (χ4n) is 2.46. The van der Waals surface area contributed by atoms with Crippen LogP contribution in [0.3, 0.4) is 0 Å². The molecule has 0 aromatic carbocycles. The molecule has 0 radical (unpaired) electrons. The Morgan fingerprint density at radius 2 is 2.14 bits per heavy atom. The normalized spacial score (nSPS) is 16.1. The largest absolute Gasteiger partial charge is 0.477 e. The van der Waals surface area contributed by atoms with E-state index in [4.69, 9.17) is 9.47 Å². The van der Waals surface area contributed by atoms with Crippen LogP contribution in [0.4, 0.5) is 0 Å². The van der Waals surface area contributed by atoms with Crippen LogP contribution in [0.5, 0.6) is 5.88 Å². The van der Waals surface area contributed by atoms with E-state index in [-0.39, 0.29) is 23.4 Å². The van der Waals surface area contributed by atoms with Crippen molar-refractivity contribution in [2.75, 3.05) is 6.61 Å². The van der Waals surface area contributed by atoms with Gasteiger partial charge in [-0.3, -0.25) is 4.79 Å². The molecule has 1 fully saturated rings. The van der Waals surface area contributed by atoms with Crippen molar-refractivity contribution in [2.45, 2.75) is 51.7 Å². The lowest BCUT2D eigenvalue weighted by molar-refractivity contribution is -0.129. The molecule has 1 saturated carbocycles. The van der Waals surface area contributed by atoms with Gasteiger partial charge in [0.25, 0.3) is 5.91 Å². The van der Waals surface area contributed by atoms with E-state index in [0.29, 0.717) is 6.61 Å². The number of ether oxygens (including phenoxy) is 2. The summed E-state index contributed by atoms with van der Waals surface area (Å²) in [6, 6.07) is 3.40. The van der Waals surface area contributed by atoms with E-state index in [0.717, 1.165) is 25.7 Å². The minimum absolute atomic E-state index is 0.200. The van der Waals surface area contributed by atoms with Crippen LogP contribution in [0.1, 0.15) is 49.9 Å². The number of rotatable bonds is 6. The lowest BCUT2D eigenvalue weighted by Crippen LogP contribution is -2.40. The highest BCUT2D eigenvalue weighted by molar-refractivity contribution is 5.94. The van der Waals surface area contributed by atoms with Crippen molar-refractivity contribution in [3.63, 3.8) is 0 Å². The first-order chi connectivity index (χ1) is 10.6. The standard InChI is InChI=1S/C16H22N2O4/c1-3-21-15-13(9-6-10-17-15)16(20)22-11(2)14(19)18-12-7-4-5-8-12/h6,9-12H,3-5,7-8H2,1-2H3,(H,18,19). The Balaban J connectivity index is 1.94. The maximum atomic E-state index is 12.2. The smallest absolute Gasteiger partial charge is 0.344 e. The number of hydrogen-bond donors (Lipinski definition) is 1. The summed E-state index contributed by atoms with van der Waals surface area (Å²) >= 11 is 0. The Kier molecular flexibility index (Phi) is 5.75. The van der Waals surface area contributed by atoms with Crippen LogP contribution in [0.2, 0.25) is 0 Å². The molecule has 1 aliphatic carbocycles. The Labute approximate surface area is 130 Å². The molecule has 1 aromatic rings. The van der Waals surface area contributed by atoms with Crippen LogP contribution in [0.15, 0.2) is 18.3 Å². The van der Waals surface area contributed by atoms with Gasteiger partial charge in [-0.25, -0.2) is 9.78 Å². The fraction of sp³-hybridized carbons (Fsp3) is 0.562. The molecule has 6 heteroatoms. The van der Waals surface area contributed by atoms with E-state index in [1.807, 2.05) is 6.92 Å². The molecule has 6 nitrogen and oxygen atoms in total. The number of amides is 1. The van der Waals surface area contributed by atoms with Gasteiger partial charge in [0.05, 0.1) is 6.61 Å². The first kappa shape index (κ1) is 16.3. The molecule has 2 rings (SSSR count). The quantitative estimate of drug-likeness (QED) is 0.814. The van der Waals surface area contributed by atoms with E-state index in [9.17, 15) is 9.59 Å². The topological polar surface area (TPSA) is 77.5 Å².